The van der Waals surface area contributed by atoms with E-state index in [1.807, 2.05) is 0 Å². The van der Waals surface area contributed by atoms with Gasteiger partial charge in [0.1, 0.15) is 4.86 Å². The zero-order chi connectivity index (χ0) is 6.15. The van der Waals surface area contributed by atoms with Crippen molar-refractivity contribution in [2.24, 2.45) is 0 Å². The van der Waals surface area contributed by atoms with Gasteiger partial charge in [0, 0.05) is 1.43 Å². The fraction of sp³-hybridized carbons (Fsp3) is 0.250. The third-order valence-electron chi connectivity index (χ3n) is 0.739. The van der Waals surface area contributed by atoms with Gasteiger partial charge >= 0.3 is 11.9 Å². The normalized spacial score (nSPS) is 19.2. The van der Waals surface area contributed by atoms with Crippen LogP contribution >= 0.6 is 12.2 Å². The molecule has 0 aliphatic carbocycles. The minimum Gasteiger partial charge on any atom is -0.389 e. The summed E-state index contributed by atoms with van der Waals surface area (Å²) in [5.41, 5.74) is 0. The molecule has 0 atom stereocenters. The first-order valence-corrected chi connectivity index (χ1v) is 2.39. The molecule has 0 aromatic heterocycles. The maximum atomic E-state index is 10.2. The molecule has 0 aromatic carbocycles. The lowest BCUT2D eigenvalue weighted by Crippen LogP contribution is -2.01. The predicted octanol–water partition coefficient (Wildman–Crippen LogP) is 0.0758. The summed E-state index contributed by atoms with van der Waals surface area (Å²) in [5.74, 6) is -1.20. The van der Waals surface area contributed by atoms with Crippen LogP contribution in [-0.4, -0.2) is 16.8 Å². The fourth-order valence-electron chi connectivity index (χ4n) is 0.400. The Kier molecular flexibility index (Phi) is 1.09. The number of ether oxygens (including phenoxy) is 1. The molecule has 1 aliphatic rings. The van der Waals surface area contributed by atoms with Crippen LogP contribution in [0.3, 0.4) is 0 Å². The number of esters is 2. The Hall–Kier alpha value is -0.770. The number of hydrogen-bond donors (Lipinski definition) is 0. The Morgan fingerprint density at radius 1 is 1.62 bits per heavy atom. The summed E-state index contributed by atoms with van der Waals surface area (Å²) in [6.07, 6.45) is -0.0197. The van der Waals surface area contributed by atoms with E-state index in [1.165, 1.54) is 0 Å². The molecule has 1 heterocycles. The summed E-state index contributed by atoms with van der Waals surface area (Å²) >= 11 is 4.42. The predicted molar refractivity (Wildman–Crippen MR) is 30.4 cm³/mol. The summed E-state index contributed by atoms with van der Waals surface area (Å²) in [6.45, 7) is 0. The lowest BCUT2D eigenvalue weighted by molar-refractivity contribution is -0.150. The minimum absolute atomic E-state index is 0. The molecule has 0 unspecified atom stereocenters. The smallest absolute Gasteiger partial charge is 0.353 e. The fourth-order valence-corrected chi connectivity index (χ4v) is 0.559. The second-order valence-electron chi connectivity index (χ2n) is 1.36. The highest BCUT2D eigenvalue weighted by molar-refractivity contribution is 7.82. The largest absolute Gasteiger partial charge is 0.389 e. The van der Waals surface area contributed by atoms with Gasteiger partial charge in [-0.05, 0) is 0 Å². The molecule has 0 aromatic rings. The Labute approximate surface area is 52.1 Å². The van der Waals surface area contributed by atoms with Gasteiger partial charge in [-0.25, -0.2) is 4.79 Å². The summed E-state index contributed by atoms with van der Waals surface area (Å²) < 4.78 is 4.05. The van der Waals surface area contributed by atoms with Gasteiger partial charge in [-0.1, -0.05) is 12.2 Å². The topological polar surface area (TPSA) is 43.4 Å². The van der Waals surface area contributed by atoms with Crippen LogP contribution in [0, 0.1) is 0 Å². The Morgan fingerprint density at radius 3 is 2.38 bits per heavy atom. The molecule has 0 spiro atoms. The highest BCUT2D eigenvalue weighted by Crippen LogP contribution is 2.02. The Bertz CT molecular complexity index is 159. The van der Waals surface area contributed by atoms with Gasteiger partial charge in [0.25, 0.3) is 0 Å². The number of cyclic esters (lactones) is 2. The standard InChI is InChI=1S/C4H2O3S.H2/c5-3-1-2(8)4(6)7-3;/h1H2;1H. The van der Waals surface area contributed by atoms with Crippen LogP contribution in [0.25, 0.3) is 0 Å². The van der Waals surface area contributed by atoms with E-state index < -0.39 is 11.9 Å². The number of thiocarbonyl (C=S) groups is 1. The zero-order valence-electron chi connectivity index (χ0n) is 3.84. The van der Waals surface area contributed by atoms with E-state index in [0.29, 0.717) is 0 Å². The van der Waals surface area contributed by atoms with Crippen LogP contribution < -0.4 is 0 Å². The lowest BCUT2D eigenvalue weighted by atomic mass is 10.4. The van der Waals surface area contributed by atoms with Crippen LogP contribution in [0.1, 0.15) is 7.85 Å². The Balaban J connectivity index is 0.000000640. The van der Waals surface area contributed by atoms with E-state index in [0.717, 1.165) is 0 Å². The summed E-state index contributed by atoms with van der Waals surface area (Å²) in [6, 6.07) is 0. The highest BCUT2D eigenvalue weighted by Gasteiger charge is 2.26. The van der Waals surface area contributed by atoms with Gasteiger partial charge in [-0.3, -0.25) is 4.79 Å². The van der Waals surface area contributed by atoms with Gasteiger partial charge in [-0.15, -0.1) is 0 Å². The van der Waals surface area contributed by atoms with Gasteiger partial charge in [-0.2, -0.15) is 0 Å². The van der Waals surface area contributed by atoms with Crippen LogP contribution in [0.15, 0.2) is 0 Å². The van der Waals surface area contributed by atoms with Crippen molar-refractivity contribution in [2.45, 2.75) is 6.42 Å². The van der Waals surface area contributed by atoms with E-state index in [9.17, 15) is 9.59 Å². The summed E-state index contributed by atoms with van der Waals surface area (Å²) in [4.78, 5) is 20.4. The summed E-state index contributed by atoms with van der Waals surface area (Å²) in [7, 11) is 0. The molecule has 8 heavy (non-hydrogen) atoms. The van der Waals surface area contributed by atoms with E-state index >= 15 is 0 Å². The molecule has 1 rings (SSSR count). The Morgan fingerprint density at radius 2 is 2.25 bits per heavy atom. The van der Waals surface area contributed by atoms with Crippen molar-refractivity contribution in [2.75, 3.05) is 0 Å². The van der Waals surface area contributed by atoms with Gasteiger partial charge in [0.05, 0.1) is 6.42 Å². The molecule has 4 heteroatoms. The van der Waals surface area contributed by atoms with Crippen LogP contribution in [0.5, 0.6) is 0 Å². The van der Waals surface area contributed by atoms with Crippen molar-refractivity contribution in [1.82, 2.24) is 0 Å². The maximum Gasteiger partial charge on any atom is 0.353 e. The first-order valence-electron chi connectivity index (χ1n) is 1.98. The van der Waals surface area contributed by atoms with Crippen molar-refractivity contribution in [3.8, 4) is 0 Å². The first-order chi connectivity index (χ1) is 3.70. The van der Waals surface area contributed by atoms with Gasteiger partial charge < -0.3 is 4.74 Å². The van der Waals surface area contributed by atoms with Crippen molar-refractivity contribution >= 4 is 29.0 Å². The molecule has 44 valence electrons. The maximum absolute atomic E-state index is 10.2. The highest BCUT2D eigenvalue weighted by atomic mass is 32.1. The third-order valence-corrected chi connectivity index (χ3v) is 1.05. The molecule has 1 fully saturated rings. The van der Waals surface area contributed by atoms with Crippen molar-refractivity contribution in [1.29, 1.82) is 0 Å². The first kappa shape index (κ1) is 5.37. The lowest BCUT2D eigenvalue weighted by Gasteiger charge is -1.79. The molecule has 0 saturated carbocycles. The quantitative estimate of drug-likeness (QED) is 0.266. The van der Waals surface area contributed by atoms with Crippen LogP contribution in [-0.2, 0) is 14.3 Å². The molecular weight excluding hydrogens is 128 g/mol. The van der Waals surface area contributed by atoms with Gasteiger partial charge in [0.15, 0.2) is 0 Å². The number of carbonyl (C=O) groups is 2. The monoisotopic (exact) mass is 132 g/mol. The SMILES string of the molecule is O=C1CC(=S)C(=O)O1.[HH]. The third kappa shape index (κ3) is 0.742. The molecule has 0 radical (unpaired) electrons. The second-order valence-corrected chi connectivity index (χ2v) is 1.85. The van der Waals surface area contributed by atoms with E-state index in [4.69, 9.17) is 0 Å². The average Bonchev–Trinajstić information content (AvgIpc) is 1.85. The van der Waals surface area contributed by atoms with Gasteiger partial charge in [0.2, 0.25) is 0 Å². The van der Waals surface area contributed by atoms with Crippen LogP contribution in [0.2, 0.25) is 0 Å². The van der Waals surface area contributed by atoms with Crippen molar-refractivity contribution < 1.29 is 15.8 Å². The molecule has 0 N–H and O–H groups in total. The van der Waals surface area contributed by atoms with E-state index in [2.05, 4.69) is 17.0 Å². The molecule has 3 nitrogen and oxygen atoms in total. The number of hydrogen-bond acceptors (Lipinski definition) is 4. The van der Waals surface area contributed by atoms with E-state index in [-0.39, 0.29) is 12.7 Å². The zero-order valence-corrected chi connectivity index (χ0v) is 4.66. The van der Waals surface area contributed by atoms with E-state index in [1.54, 1.807) is 0 Å². The molecule has 1 saturated heterocycles. The molecular formula is C4H4O3S. The number of carbonyl (C=O) groups excluding carboxylic acids is 2. The molecule has 0 bridgehead atoms. The number of rotatable bonds is 0. The van der Waals surface area contributed by atoms with Crippen molar-refractivity contribution in [3.63, 3.8) is 0 Å². The molecule has 0 amide bonds. The minimum atomic E-state index is -0.662. The van der Waals surface area contributed by atoms with Crippen LogP contribution in [0.4, 0.5) is 0 Å². The average molecular weight is 132 g/mol. The second kappa shape index (κ2) is 1.63. The summed E-state index contributed by atoms with van der Waals surface area (Å²) in [5, 5.41) is 0. The molecule has 1 aliphatic heterocycles. The van der Waals surface area contributed by atoms with Crippen molar-refractivity contribution in [3.05, 3.63) is 0 Å².